The fraction of sp³-hybridized carbons (Fsp3) is 0.0500. The number of phenols is 1. The Hall–Kier alpha value is -3.59. The van der Waals surface area contributed by atoms with Gasteiger partial charge in [-0.05, 0) is 48.0 Å². The molecule has 1 unspecified atom stereocenters. The van der Waals surface area contributed by atoms with Crippen molar-refractivity contribution in [3.05, 3.63) is 70.4 Å². The fourth-order valence-corrected chi connectivity index (χ4v) is 2.76. The van der Waals surface area contributed by atoms with Crippen LogP contribution in [0.5, 0.6) is 5.75 Å². The molecular weight excluding hydrogens is 336 g/mol. The number of nitrogens with zero attached hydrogens (tertiary/aromatic N) is 3. The molecule has 4 nitrogen and oxygen atoms in total. The summed E-state index contributed by atoms with van der Waals surface area (Å²) in [6.45, 7) is 0. The van der Waals surface area contributed by atoms with Crippen LogP contribution in [0.4, 0.5) is 9.09 Å². The minimum Gasteiger partial charge on any atom is -0.508 e. The standard InChI is InChI=1S/C20H12FN3O.FH/c21-20(12-22)11-15-3-1-13(9-19(15)24-20)2-5-16-6-4-14-10-17(25)7-8-18(14)23-16;/h1-11,25H;1H/b5-2+;. The highest BCUT2D eigenvalue weighted by molar-refractivity contribution is 5.82. The average molecular weight is 349 g/mol. The Morgan fingerprint density at radius 1 is 1.08 bits per heavy atom. The van der Waals surface area contributed by atoms with Gasteiger partial charge in [0, 0.05) is 10.6 Å². The molecule has 6 heteroatoms. The van der Waals surface area contributed by atoms with E-state index in [9.17, 15) is 9.50 Å². The zero-order valence-electron chi connectivity index (χ0n) is 13.4. The monoisotopic (exact) mass is 349 g/mol. The molecule has 1 N–H and O–H groups in total. The number of alkyl halides is 1. The predicted molar refractivity (Wildman–Crippen MR) is 96.0 cm³/mol. The second kappa shape index (κ2) is 6.37. The zero-order chi connectivity index (χ0) is 17.4. The number of aromatic hydroxyl groups is 1. The molecule has 0 radical (unpaired) electrons. The number of nitriles is 1. The lowest BCUT2D eigenvalue weighted by Crippen LogP contribution is -2.20. The van der Waals surface area contributed by atoms with Crippen LogP contribution in [0.15, 0.2) is 53.5 Å². The number of pyridine rings is 1. The molecule has 1 aliphatic heterocycles. The van der Waals surface area contributed by atoms with Gasteiger partial charge in [-0.3, -0.25) is 4.70 Å². The lowest BCUT2D eigenvalue weighted by atomic mass is 10.1. The molecule has 26 heavy (non-hydrogen) atoms. The summed E-state index contributed by atoms with van der Waals surface area (Å²) in [6, 6.07) is 15.6. The fourth-order valence-electron chi connectivity index (χ4n) is 2.76. The van der Waals surface area contributed by atoms with Gasteiger partial charge in [0.15, 0.2) is 0 Å². The van der Waals surface area contributed by atoms with Crippen LogP contribution >= 0.6 is 0 Å². The molecule has 3 aromatic rings. The van der Waals surface area contributed by atoms with Gasteiger partial charge in [0.25, 0.3) is 0 Å². The predicted octanol–water partition coefficient (Wildman–Crippen LogP) is 2.87. The van der Waals surface area contributed by atoms with E-state index < -0.39 is 5.79 Å². The Morgan fingerprint density at radius 2 is 1.92 bits per heavy atom. The third-order valence-corrected chi connectivity index (χ3v) is 3.98. The molecule has 1 aromatic heterocycles. The van der Waals surface area contributed by atoms with Crippen molar-refractivity contribution in [1.82, 2.24) is 4.98 Å². The third-order valence-electron chi connectivity index (χ3n) is 3.98. The summed E-state index contributed by atoms with van der Waals surface area (Å²) in [5.74, 6) is -2.06. The first kappa shape index (κ1) is 17.2. The highest BCUT2D eigenvalue weighted by Gasteiger charge is 2.27. The van der Waals surface area contributed by atoms with Gasteiger partial charge in [-0.25, -0.2) is 9.98 Å². The summed E-state index contributed by atoms with van der Waals surface area (Å²) in [6.07, 6.45) is 4.92. The van der Waals surface area contributed by atoms with Crippen molar-refractivity contribution < 1.29 is 14.2 Å². The first-order valence-electron chi connectivity index (χ1n) is 7.66. The number of halogens is 2. The largest absolute Gasteiger partial charge is 0.508 e. The molecule has 0 fully saturated rings. The van der Waals surface area contributed by atoms with Gasteiger partial charge in [0.05, 0.1) is 16.6 Å². The van der Waals surface area contributed by atoms with Crippen molar-refractivity contribution in [3.8, 4) is 11.8 Å². The number of benzene rings is 2. The van der Waals surface area contributed by atoms with Gasteiger partial charge in [0.1, 0.15) is 11.8 Å². The number of aromatic nitrogens is 1. The van der Waals surface area contributed by atoms with Crippen molar-refractivity contribution in [2.24, 2.45) is 4.99 Å². The Labute approximate surface area is 147 Å². The van der Waals surface area contributed by atoms with E-state index in [1.165, 1.54) is 6.08 Å². The highest BCUT2D eigenvalue weighted by Crippen LogP contribution is 2.19. The second-order valence-electron chi connectivity index (χ2n) is 5.81. The molecule has 0 amide bonds. The Balaban J connectivity index is 0.00000196. The van der Waals surface area contributed by atoms with Crippen molar-refractivity contribution >= 4 is 29.1 Å². The number of fused-ring (bicyclic) bond motifs is 2. The van der Waals surface area contributed by atoms with E-state index in [0.29, 0.717) is 10.6 Å². The van der Waals surface area contributed by atoms with E-state index in [2.05, 4.69) is 9.98 Å². The van der Waals surface area contributed by atoms with Crippen LogP contribution < -0.4 is 10.6 Å². The van der Waals surface area contributed by atoms with Gasteiger partial charge in [-0.15, -0.1) is 0 Å². The molecule has 0 bridgehead atoms. The van der Waals surface area contributed by atoms with Gasteiger partial charge in [-0.1, -0.05) is 24.3 Å². The van der Waals surface area contributed by atoms with Gasteiger partial charge in [-0.2, -0.15) is 9.65 Å². The number of phenolic OH excluding ortho intramolecular Hbond substituents is 1. The van der Waals surface area contributed by atoms with Crippen LogP contribution in [0.1, 0.15) is 11.3 Å². The van der Waals surface area contributed by atoms with Crippen molar-refractivity contribution in [1.29, 1.82) is 5.26 Å². The Kier molecular flexibility index (Phi) is 4.23. The highest BCUT2D eigenvalue weighted by atomic mass is 19.1. The summed E-state index contributed by atoms with van der Waals surface area (Å²) in [5, 5.41) is 20.3. The quantitative estimate of drug-likeness (QED) is 0.723. The molecular formula is C20H13F2N3O. The number of hydrogen-bond donors (Lipinski definition) is 1. The SMILES string of the molecule is F.N#CC1(F)C=c2ccc(/C=C/c3ccc4cc(O)ccc4n3)cc2=N1. The van der Waals surface area contributed by atoms with Gasteiger partial charge < -0.3 is 5.11 Å². The molecule has 1 aliphatic rings. The molecule has 0 saturated heterocycles. The first-order chi connectivity index (χ1) is 12.0. The molecule has 2 aromatic carbocycles. The zero-order valence-corrected chi connectivity index (χ0v) is 13.4. The summed E-state index contributed by atoms with van der Waals surface area (Å²) in [5.41, 5.74) is 2.39. The summed E-state index contributed by atoms with van der Waals surface area (Å²) >= 11 is 0. The molecule has 128 valence electrons. The third kappa shape index (κ3) is 3.15. The van der Waals surface area contributed by atoms with Gasteiger partial charge >= 0.3 is 5.79 Å². The summed E-state index contributed by atoms with van der Waals surface area (Å²) < 4.78 is 14.0. The minimum absolute atomic E-state index is 0. The molecule has 1 atom stereocenters. The molecule has 0 spiro atoms. The lowest BCUT2D eigenvalue weighted by molar-refractivity contribution is 0.342. The normalized spacial score (nSPS) is 17.8. The molecule has 0 saturated carbocycles. The summed E-state index contributed by atoms with van der Waals surface area (Å²) in [7, 11) is 0. The maximum Gasteiger partial charge on any atom is 0.306 e. The van der Waals surface area contributed by atoms with Crippen LogP contribution in [-0.2, 0) is 0 Å². The smallest absolute Gasteiger partial charge is 0.306 e. The average Bonchev–Trinajstić information content (AvgIpc) is 2.96. The van der Waals surface area contributed by atoms with Crippen molar-refractivity contribution in [2.75, 3.05) is 0 Å². The number of hydrogen-bond acceptors (Lipinski definition) is 4. The summed E-state index contributed by atoms with van der Waals surface area (Å²) in [4.78, 5) is 8.32. The van der Waals surface area contributed by atoms with Crippen LogP contribution in [0.3, 0.4) is 0 Å². The second-order valence-corrected chi connectivity index (χ2v) is 5.81. The first-order valence-corrected chi connectivity index (χ1v) is 7.66. The van der Waals surface area contributed by atoms with Gasteiger partial charge in [0.2, 0.25) is 0 Å². The Morgan fingerprint density at radius 3 is 2.73 bits per heavy atom. The van der Waals surface area contributed by atoms with E-state index in [1.807, 2.05) is 30.4 Å². The molecule has 0 aliphatic carbocycles. The van der Waals surface area contributed by atoms with Crippen molar-refractivity contribution in [3.63, 3.8) is 0 Å². The maximum absolute atomic E-state index is 14.0. The minimum atomic E-state index is -2.27. The topological polar surface area (TPSA) is 69.3 Å². The van der Waals surface area contributed by atoms with E-state index in [4.69, 9.17) is 5.26 Å². The van der Waals surface area contributed by atoms with E-state index in [-0.39, 0.29) is 10.5 Å². The van der Waals surface area contributed by atoms with E-state index in [0.717, 1.165) is 22.2 Å². The van der Waals surface area contributed by atoms with Crippen LogP contribution in [0, 0.1) is 11.3 Å². The molecule has 4 rings (SSSR count). The van der Waals surface area contributed by atoms with E-state index >= 15 is 0 Å². The van der Waals surface area contributed by atoms with Crippen LogP contribution in [-0.4, -0.2) is 15.9 Å². The number of rotatable bonds is 2. The van der Waals surface area contributed by atoms with Crippen LogP contribution in [0.2, 0.25) is 0 Å². The lowest BCUT2D eigenvalue weighted by Gasteiger charge is -2.00. The maximum atomic E-state index is 14.0. The molecule has 2 heterocycles. The van der Waals surface area contributed by atoms with Crippen molar-refractivity contribution in [2.45, 2.75) is 5.79 Å². The van der Waals surface area contributed by atoms with Crippen LogP contribution in [0.25, 0.3) is 29.1 Å². The van der Waals surface area contributed by atoms with E-state index in [1.54, 1.807) is 36.4 Å². The Bertz CT molecular complexity index is 1200.